The van der Waals surface area contributed by atoms with Gasteiger partial charge in [-0.05, 0) is 38.4 Å². The van der Waals surface area contributed by atoms with Crippen molar-refractivity contribution in [2.45, 2.75) is 31.8 Å². The average Bonchev–Trinajstić information content (AvgIpc) is 2.76. The Hall–Kier alpha value is -1.13. The summed E-state index contributed by atoms with van der Waals surface area (Å²) in [6.07, 6.45) is 5.44. The van der Waals surface area contributed by atoms with Crippen LogP contribution in [0, 0.1) is 0 Å². The fourth-order valence-corrected chi connectivity index (χ4v) is 2.59. The van der Waals surface area contributed by atoms with Crippen LogP contribution in [0.2, 0.25) is 0 Å². The van der Waals surface area contributed by atoms with Crippen LogP contribution in [0.5, 0.6) is 0 Å². The molecule has 0 saturated carbocycles. The summed E-state index contributed by atoms with van der Waals surface area (Å²) >= 11 is 0. The van der Waals surface area contributed by atoms with Crippen LogP contribution < -0.4 is 11.3 Å². The van der Waals surface area contributed by atoms with E-state index in [1.165, 1.54) is 12.8 Å². The molecule has 1 atom stereocenters. The Morgan fingerprint density at radius 2 is 2.24 bits per heavy atom. The number of nitrogens with zero attached hydrogens (tertiary/aromatic N) is 2. The fourth-order valence-electron chi connectivity index (χ4n) is 2.59. The first-order chi connectivity index (χ1) is 8.31. The molecule has 4 heteroatoms. The first kappa shape index (κ1) is 12.3. The number of nitrogens with two attached hydrogens (primary N) is 1. The van der Waals surface area contributed by atoms with Crippen LogP contribution in [-0.2, 0) is 6.54 Å². The average molecular weight is 235 g/mol. The van der Waals surface area contributed by atoms with Crippen LogP contribution in [0.25, 0.3) is 0 Å². The molecule has 1 aliphatic heterocycles. The van der Waals surface area contributed by atoms with Crippen molar-refractivity contribution in [3.63, 3.8) is 0 Å². The van der Waals surface area contributed by atoms with Gasteiger partial charge in [0, 0.05) is 31.4 Å². The highest BCUT2D eigenvalue weighted by Gasteiger charge is 2.22. The van der Waals surface area contributed by atoms with Crippen molar-refractivity contribution in [2.24, 2.45) is 5.73 Å². The molecule has 1 saturated heterocycles. The Kier molecular flexibility index (Phi) is 4.34. The zero-order valence-corrected chi connectivity index (χ0v) is 10.2. The first-order valence-electron chi connectivity index (χ1n) is 6.41. The van der Waals surface area contributed by atoms with Crippen LogP contribution in [0.4, 0.5) is 0 Å². The van der Waals surface area contributed by atoms with Gasteiger partial charge in [0.15, 0.2) is 0 Å². The molecule has 1 unspecified atom stereocenters. The second-order valence-corrected chi connectivity index (χ2v) is 4.64. The summed E-state index contributed by atoms with van der Waals surface area (Å²) < 4.78 is 1.78. The van der Waals surface area contributed by atoms with Gasteiger partial charge in [0.05, 0.1) is 0 Å². The molecule has 17 heavy (non-hydrogen) atoms. The monoisotopic (exact) mass is 235 g/mol. The number of hydrogen-bond acceptors (Lipinski definition) is 3. The number of likely N-dealkylation sites (tertiary alicyclic amines) is 1. The highest BCUT2D eigenvalue weighted by molar-refractivity contribution is 4.93. The Balaban J connectivity index is 1.89. The normalized spacial score (nSPS) is 20.9. The van der Waals surface area contributed by atoms with Crippen LogP contribution in [-0.4, -0.2) is 35.1 Å². The Morgan fingerprint density at radius 3 is 3.00 bits per heavy atom. The molecule has 2 heterocycles. The maximum atomic E-state index is 11.6. The van der Waals surface area contributed by atoms with Gasteiger partial charge < -0.3 is 10.3 Å². The van der Waals surface area contributed by atoms with Crippen molar-refractivity contribution >= 4 is 0 Å². The van der Waals surface area contributed by atoms with Crippen LogP contribution in [0.1, 0.15) is 19.3 Å². The minimum Gasteiger partial charge on any atom is -0.330 e. The molecule has 2 N–H and O–H groups in total. The number of aromatic nitrogens is 1. The highest BCUT2D eigenvalue weighted by Crippen LogP contribution is 2.18. The van der Waals surface area contributed by atoms with Crippen molar-refractivity contribution in [1.29, 1.82) is 0 Å². The smallest absolute Gasteiger partial charge is 0.250 e. The summed E-state index contributed by atoms with van der Waals surface area (Å²) in [5, 5.41) is 0. The summed E-state index contributed by atoms with van der Waals surface area (Å²) in [4.78, 5) is 14.0. The van der Waals surface area contributed by atoms with E-state index in [1.807, 2.05) is 12.3 Å². The van der Waals surface area contributed by atoms with E-state index >= 15 is 0 Å². The van der Waals surface area contributed by atoms with Gasteiger partial charge >= 0.3 is 0 Å². The molecule has 1 aromatic heterocycles. The lowest BCUT2D eigenvalue weighted by Gasteiger charge is -2.24. The largest absolute Gasteiger partial charge is 0.330 e. The molecule has 1 fully saturated rings. The van der Waals surface area contributed by atoms with E-state index < -0.39 is 0 Å². The molecule has 1 aliphatic rings. The van der Waals surface area contributed by atoms with E-state index in [2.05, 4.69) is 4.90 Å². The predicted octanol–water partition coefficient (Wildman–Crippen LogP) is 0.661. The second kappa shape index (κ2) is 5.98. The van der Waals surface area contributed by atoms with Gasteiger partial charge in [0.1, 0.15) is 0 Å². The summed E-state index contributed by atoms with van der Waals surface area (Å²) in [5.41, 5.74) is 5.71. The van der Waals surface area contributed by atoms with Gasteiger partial charge in [-0.3, -0.25) is 9.69 Å². The molecule has 2 rings (SSSR count). The Morgan fingerprint density at radius 1 is 1.35 bits per heavy atom. The molecule has 94 valence electrons. The maximum Gasteiger partial charge on any atom is 0.250 e. The quantitative estimate of drug-likeness (QED) is 0.815. The molecular weight excluding hydrogens is 214 g/mol. The van der Waals surface area contributed by atoms with E-state index in [0.29, 0.717) is 6.04 Å². The van der Waals surface area contributed by atoms with Gasteiger partial charge in [0.25, 0.3) is 5.56 Å². The van der Waals surface area contributed by atoms with Crippen molar-refractivity contribution in [1.82, 2.24) is 9.47 Å². The van der Waals surface area contributed by atoms with Crippen LogP contribution in [0.15, 0.2) is 29.2 Å². The molecule has 0 radical (unpaired) electrons. The molecule has 0 amide bonds. The molecule has 4 nitrogen and oxygen atoms in total. The summed E-state index contributed by atoms with van der Waals surface area (Å²) in [7, 11) is 0. The van der Waals surface area contributed by atoms with Crippen molar-refractivity contribution in [2.75, 3.05) is 19.6 Å². The summed E-state index contributed by atoms with van der Waals surface area (Å²) in [5.74, 6) is 0. The molecule has 0 bridgehead atoms. The molecular formula is C13H21N3O. The lowest BCUT2D eigenvalue weighted by Crippen LogP contribution is -2.35. The Labute approximate surface area is 102 Å². The molecule has 1 aromatic rings. The van der Waals surface area contributed by atoms with Gasteiger partial charge in [-0.15, -0.1) is 0 Å². The van der Waals surface area contributed by atoms with Gasteiger partial charge in [-0.2, -0.15) is 0 Å². The van der Waals surface area contributed by atoms with Crippen LogP contribution in [0.3, 0.4) is 0 Å². The topological polar surface area (TPSA) is 51.3 Å². The highest BCUT2D eigenvalue weighted by atomic mass is 16.1. The van der Waals surface area contributed by atoms with Crippen molar-refractivity contribution in [3.8, 4) is 0 Å². The summed E-state index contributed by atoms with van der Waals surface area (Å²) in [6.45, 7) is 3.63. The molecule has 0 aliphatic carbocycles. The van der Waals surface area contributed by atoms with Crippen molar-refractivity contribution in [3.05, 3.63) is 34.7 Å². The third-order valence-corrected chi connectivity index (χ3v) is 3.53. The maximum absolute atomic E-state index is 11.6. The molecule has 0 aromatic carbocycles. The third-order valence-electron chi connectivity index (χ3n) is 3.53. The van der Waals surface area contributed by atoms with Gasteiger partial charge in [-0.25, -0.2) is 0 Å². The number of hydrogen-bond donors (Lipinski definition) is 1. The SMILES string of the molecule is NCCC1CCCN1CCn1ccccc1=O. The lowest BCUT2D eigenvalue weighted by molar-refractivity contribution is 0.235. The number of rotatable bonds is 5. The van der Waals surface area contributed by atoms with E-state index in [4.69, 9.17) is 5.73 Å². The number of pyridine rings is 1. The molecule has 0 spiro atoms. The minimum atomic E-state index is 0.0853. The van der Waals surface area contributed by atoms with Gasteiger partial charge in [-0.1, -0.05) is 6.07 Å². The standard InChI is InChI=1S/C13H21N3O/c14-7-6-12-4-3-9-15(12)10-11-16-8-2-1-5-13(16)17/h1-2,5,8,12H,3-4,6-7,9-11,14H2. The van der Waals surface area contributed by atoms with E-state index in [-0.39, 0.29) is 5.56 Å². The first-order valence-corrected chi connectivity index (χ1v) is 6.41. The zero-order chi connectivity index (χ0) is 12.1. The van der Waals surface area contributed by atoms with E-state index in [1.54, 1.807) is 16.7 Å². The van der Waals surface area contributed by atoms with E-state index in [9.17, 15) is 4.79 Å². The van der Waals surface area contributed by atoms with Crippen LogP contribution >= 0.6 is 0 Å². The lowest BCUT2D eigenvalue weighted by atomic mass is 10.1. The third kappa shape index (κ3) is 3.17. The minimum absolute atomic E-state index is 0.0853. The van der Waals surface area contributed by atoms with Crippen molar-refractivity contribution < 1.29 is 0 Å². The Bertz CT molecular complexity index is 402. The fraction of sp³-hybridized carbons (Fsp3) is 0.615. The predicted molar refractivity (Wildman–Crippen MR) is 69.0 cm³/mol. The van der Waals surface area contributed by atoms with E-state index in [0.717, 1.165) is 32.6 Å². The summed E-state index contributed by atoms with van der Waals surface area (Å²) in [6, 6.07) is 5.93. The second-order valence-electron chi connectivity index (χ2n) is 4.64. The van der Waals surface area contributed by atoms with Gasteiger partial charge in [0.2, 0.25) is 0 Å². The zero-order valence-electron chi connectivity index (χ0n) is 10.2.